The molecular formula is C17H30N2O. The van der Waals surface area contributed by atoms with Crippen LogP contribution in [0.25, 0.3) is 0 Å². The SMILES string of the molecule is CCCNC1CCN(C(=O)C2C3CCCCC32)CC1C. The van der Waals surface area contributed by atoms with E-state index in [0.717, 1.165) is 37.9 Å². The number of rotatable bonds is 4. The van der Waals surface area contributed by atoms with Crippen LogP contribution in [0.3, 0.4) is 0 Å². The number of carbonyl (C=O) groups excluding carboxylic acids is 1. The number of hydrogen-bond acceptors (Lipinski definition) is 2. The number of piperidine rings is 1. The number of likely N-dealkylation sites (tertiary alicyclic amines) is 1. The first kappa shape index (κ1) is 14.4. The monoisotopic (exact) mass is 278 g/mol. The van der Waals surface area contributed by atoms with Crippen LogP contribution in [0.1, 0.15) is 52.4 Å². The number of nitrogens with one attached hydrogen (secondary N) is 1. The highest BCUT2D eigenvalue weighted by Gasteiger charge is 2.56. The summed E-state index contributed by atoms with van der Waals surface area (Å²) < 4.78 is 0. The Labute approximate surface area is 123 Å². The van der Waals surface area contributed by atoms with Gasteiger partial charge in [0, 0.05) is 25.0 Å². The van der Waals surface area contributed by atoms with E-state index in [9.17, 15) is 4.79 Å². The van der Waals surface area contributed by atoms with E-state index >= 15 is 0 Å². The van der Waals surface area contributed by atoms with Crippen LogP contribution in [0.15, 0.2) is 0 Å². The summed E-state index contributed by atoms with van der Waals surface area (Å²) in [6, 6.07) is 0.612. The van der Waals surface area contributed by atoms with Gasteiger partial charge in [0.2, 0.25) is 5.91 Å². The molecule has 4 unspecified atom stereocenters. The Morgan fingerprint density at radius 3 is 2.50 bits per heavy atom. The van der Waals surface area contributed by atoms with Crippen molar-refractivity contribution in [2.45, 2.75) is 58.4 Å². The third-order valence-corrected chi connectivity index (χ3v) is 5.82. The zero-order valence-electron chi connectivity index (χ0n) is 13.1. The fourth-order valence-corrected chi connectivity index (χ4v) is 4.55. The zero-order chi connectivity index (χ0) is 14.1. The van der Waals surface area contributed by atoms with Gasteiger partial charge in [-0.25, -0.2) is 0 Å². The van der Waals surface area contributed by atoms with Crippen LogP contribution in [0.5, 0.6) is 0 Å². The van der Waals surface area contributed by atoms with Crippen LogP contribution in [0, 0.1) is 23.7 Å². The number of nitrogens with zero attached hydrogens (tertiary/aromatic N) is 1. The summed E-state index contributed by atoms with van der Waals surface area (Å²) in [6.07, 6.45) is 7.65. The first-order valence-corrected chi connectivity index (χ1v) is 8.74. The van der Waals surface area contributed by atoms with E-state index in [1.54, 1.807) is 0 Å². The minimum Gasteiger partial charge on any atom is -0.342 e. The lowest BCUT2D eigenvalue weighted by atomic mass is 9.93. The van der Waals surface area contributed by atoms with Gasteiger partial charge < -0.3 is 10.2 Å². The van der Waals surface area contributed by atoms with E-state index in [1.807, 2.05) is 0 Å². The van der Waals surface area contributed by atoms with Gasteiger partial charge in [-0.3, -0.25) is 4.79 Å². The second-order valence-electron chi connectivity index (χ2n) is 7.25. The molecule has 3 fully saturated rings. The number of fused-ring (bicyclic) bond motifs is 1. The molecule has 20 heavy (non-hydrogen) atoms. The summed E-state index contributed by atoms with van der Waals surface area (Å²) in [7, 11) is 0. The largest absolute Gasteiger partial charge is 0.342 e. The van der Waals surface area contributed by atoms with Gasteiger partial charge in [-0.05, 0) is 50.0 Å². The first-order chi connectivity index (χ1) is 9.72. The Morgan fingerprint density at radius 2 is 1.90 bits per heavy atom. The predicted octanol–water partition coefficient (Wildman–Crippen LogP) is 2.66. The summed E-state index contributed by atoms with van der Waals surface area (Å²) in [5.41, 5.74) is 0. The van der Waals surface area contributed by atoms with Crippen molar-refractivity contribution in [1.82, 2.24) is 10.2 Å². The molecule has 0 aromatic carbocycles. The fourth-order valence-electron chi connectivity index (χ4n) is 4.55. The Hall–Kier alpha value is -0.570. The van der Waals surface area contributed by atoms with Crippen molar-refractivity contribution in [2.75, 3.05) is 19.6 Å². The fraction of sp³-hybridized carbons (Fsp3) is 0.941. The molecule has 2 aliphatic carbocycles. The minimum atomic E-state index is 0.407. The van der Waals surface area contributed by atoms with E-state index in [0.29, 0.717) is 23.8 Å². The third-order valence-electron chi connectivity index (χ3n) is 5.82. The first-order valence-electron chi connectivity index (χ1n) is 8.74. The normalized spacial score (nSPS) is 40.3. The lowest BCUT2D eigenvalue weighted by molar-refractivity contribution is -0.135. The summed E-state index contributed by atoms with van der Waals surface area (Å²) in [5.74, 6) is 3.00. The molecule has 0 aromatic rings. The number of amides is 1. The molecule has 4 atom stereocenters. The molecule has 1 heterocycles. The maximum atomic E-state index is 12.7. The molecule has 3 heteroatoms. The van der Waals surface area contributed by atoms with Gasteiger partial charge in [-0.2, -0.15) is 0 Å². The summed E-state index contributed by atoms with van der Waals surface area (Å²) in [6.45, 7) is 7.56. The Morgan fingerprint density at radius 1 is 1.20 bits per heavy atom. The van der Waals surface area contributed by atoms with Crippen molar-refractivity contribution in [1.29, 1.82) is 0 Å². The van der Waals surface area contributed by atoms with Crippen molar-refractivity contribution in [3.8, 4) is 0 Å². The molecule has 0 radical (unpaired) electrons. The van der Waals surface area contributed by atoms with E-state index in [1.165, 1.54) is 32.1 Å². The quantitative estimate of drug-likeness (QED) is 0.857. The predicted molar refractivity (Wildman–Crippen MR) is 81.4 cm³/mol. The van der Waals surface area contributed by atoms with Crippen LogP contribution in [0.4, 0.5) is 0 Å². The van der Waals surface area contributed by atoms with Gasteiger partial charge in [-0.15, -0.1) is 0 Å². The molecule has 3 rings (SSSR count). The zero-order valence-corrected chi connectivity index (χ0v) is 13.1. The maximum Gasteiger partial charge on any atom is 0.226 e. The van der Waals surface area contributed by atoms with Gasteiger partial charge in [-0.1, -0.05) is 26.7 Å². The molecule has 1 saturated heterocycles. The standard InChI is InChI=1S/C17H30N2O/c1-3-9-18-15-8-10-19(11-12(15)2)17(20)16-13-6-4-5-7-14(13)16/h12-16,18H,3-11H2,1-2H3. The molecule has 0 spiro atoms. The molecule has 3 aliphatic rings. The smallest absolute Gasteiger partial charge is 0.226 e. The van der Waals surface area contributed by atoms with Gasteiger partial charge in [0.25, 0.3) is 0 Å². The lowest BCUT2D eigenvalue weighted by Gasteiger charge is -2.37. The third kappa shape index (κ3) is 2.74. The Kier molecular flexibility index (Phi) is 4.34. The summed E-state index contributed by atoms with van der Waals surface area (Å²) in [5, 5.41) is 3.64. The van der Waals surface area contributed by atoms with E-state index in [4.69, 9.17) is 0 Å². The van der Waals surface area contributed by atoms with Gasteiger partial charge >= 0.3 is 0 Å². The second kappa shape index (κ2) is 6.05. The molecule has 1 aliphatic heterocycles. The van der Waals surface area contributed by atoms with Crippen molar-refractivity contribution in [2.24, 2.45) is 23.7 Å². The topological polar surface area (TPSA) is 32.3 Å². The average molecular weight is 278 g/mol. The van der Waals surface area contributed by atoms with Gasteiger partial charge in [0.1, 0.15) is 0 Å². The highest BCUT2D eigenvalue weighted by Crippen LogP contribution is 2.56. The van der Waals surface area contributed by atoms with Gasteiger partial charge in [0.05, 0.1) is 0 Å². The number of hydrogen-bond donors (Lipinski definition) is 1. The average Bonchev–Trinajstić information content (AvgIpc) is 3.19. The molecule has 2 saturated carbocycles. The molecular weight excluding hydrogens is 248 g/mol. The van der Waals surface area contributed by atoms with Gasteiger partial charge in [0.15, 0.2) is 0 Å². The molecule has 1 N–H and O–H groups in total. The Bertz CT molecular complexity index is 345. The molecule has 0 aromatic heterocycles. The van der Waals surface area contributed by atoms with Crippen LogP contribution >= 0.6 is 0 Å². The Balaban J connectivity index is 1.51. The molecule has 3 nitrogen and oxygen atoms in total. The van der Waals surface area contributed by atoms with Crippen LogP contribution in [-0.2, 0) is 4.79 Å². The van der Waals surface area contributed by atoms with Crippen LogP contribution in [0.2, 0.25) is 0 Å². The van der Waals surface area contributed by atoms with Crippen LogP contribution < -0.4 is 5.32 Å². The molecule has 114 valence electrons. The lowest BCUT2D eigenvalue weighted by Crippen LogP contribution is -2.50. The van der Waals surface area contributed by atoms with Crippen molar-refractivity contribution >= 4 is 5.91 Å². The van der Waals surface area contributed by atoms with E-state index < -0.39 is 0 Å². The van der Waals surface area contributed by atoms with Crippen LogP contribution in [-0.4, -0.2) is 36.5 Å². The summed E-state index contributed by atoms with van der Waals surface area (Å²) in [4.78, 5) is 14.9. The molecule has 1 amide bonds. The van der Waals surface area contributed by atoms with E-state index in [2.05, 4.69) is 24.1 Å². The highest BCUT2D eigenvalue weighted by molar-refractivity contribution is 5.82. The van der Waals surface area contributed by atoms with E-state index in [-0.39, 0.29) is 0 Å². The second-order valence-corrected chi connectivity index (χ2v) is 7.25. The molecule has 0 bridgehead atoms. The number of carbonyl (C=O) groups is 1. The maximum absolute atomic E-state index is 12.7. The summed E-state index contributed by atoms with van der Waals surface area (Å²) >= 11 is 0. The highest BCUT2D eigenvalue weighted by atomic mass is 16.2. The van der Waals surface area contributed by atoms with Crippen molar-refractivity contribution in [3.63, 3.8) is 0 Å². The van der Waals surface area contributed by atoms with Crippen molar-refractivity contribution in [3.05, 3.63) is 0 Å². The minimum absolute atomic E-state index is 0.407. The van der Waals surface area contributed by atoms with Crippen molar-refractivity contribution < 1.29 is 4.79 Å².